The Labute approximate surface area is 234 Å². The number of aliphatic hydroxyl groups excluding tert-OH is 1. The fourth-order valence-corrected chi connectivity index (χ4v) is 7.77. The minimum Gasteiger partial charge on any atom is -0.454 e. The standard InChI is InChI=1S/C30H42O10/c1-9-14(3)25(33)38-24-17(6)29(36)19-11-16(5)23(32)28(19,35)12-18(13-31)21(40-37)20(29)22-27(7,8)30(22,24)39-26(34)15(4)10-2/h9,11-12,15,17,19-22,24,31,35-37H,10,13H2,1-8H3/b14-9+/t15?,17-,19-,20+,21+,22-,24-,28-,29+,30-/m1/s1. The molecule has 0 aliphatic heterocycles. The molecular weight excluding hydrogens is 520 g/mol. The maximum Gasteiger partial charge on any atom is 0.333 e. The number of fused-ring (bicyclic) bond motifs is 5. The number of carbonyl (C=O) groups is 3. The second-order valence-corrected chi connectivity index (χ2v) is 12.6. The van der Waals surface area contributed by atoms with Gasteiger partial charge in [-0.2, -0.15) is 0 Å². The zero-order valence-electron chi connectivity index (χ0n) is 24.4. The SMILES string of the molecule is C/C=C(\C)C(=O)O[C@@H]1[C@@H](C)[C@@]2(O)[C@H]([C@@H]3C(C)(C)[C@]13OC(=O)C(C)CC)[C@@H](OO)C(CO)=C[C@]1(O)C(=O)C(C)=C[C@@H]21. The summed E-state index contributed by atoms with van der Waals surface area (Å²) in [5, 5.41) is 45.1. The van der Waals surface area contributed by atoms with Gasteiger partial charge in [-0.1, -0.05) is 46.8 Å². The van der Waals surface area contributed by atoms with Crippen molar-refractivity contribution in [2.75, 3.05) is 6.61 Å². The van der Waals surface area contributed by atoms with E-state index in [1.54, 1.807) is 33.8 Å². The van der Waals surface area contributed by atoms with Crippen molar-refractivity contribution in [3.05, 3.63) is 34.9 Å². The molecule has 0 spiro atoms. The van der Waals surface area contributed by atoms with E-state index in [0.717, 1.165) is 6.08 Å². The summed E-state index contributed by atoms with van der Waals surface area (Å²) in [5.41, 5.74) is -6.10. The number of hydrogen-bond acceptors (Lipinski definition) is 10. The van der Waals surface area contributed by atoms with Gasteiger partial charge in [0.2, 0.25) is 0 Å². The van der Waals surface area contributed by atoms with Crippen LogP contribution in [0.2, 0.25) is 0 Å². The van der Waals surface area contributed by atoms with E-state index in [1.165, 1.54) is 13.0 Å². The molecule has 4 N–H and O–H groups in total. The van der Waals surface area contributed by atoms with Crippen molar-refractivity contribution in [2.24, 2.45) is 35.0 Å². The third kappa shape index (κ3) is 3.76. The van der Waals surface area contributed by atoms with Crippen LogP contribution in [0.3, 0.4) is 0 Å². The lowest BCUT2D eigenvalue weighted by Crippen LogP contribution is -2.68. The number of aliphatic hydroxyl groups is 3. The van der Waals surface area contributed by atoms with E-state index in [1.807, 2.05) is 20.8 Å². The van der Waals surface area contributed by atoms with Gasteiger partial charge >= 0.3 is 11.9 Å². The largest absolute Gasteiger partial charge is 0.454 e. The number of esters is 2. The van der Waals surface area contributed by atoms with Crippen molar-refractivity contribution in [2.45, 2.75) is 90.8 Å². The number of carbonyl (C=O) groups excluding carboxylic acids is 3. The lowest BCUT2D eigenvalue weighted by Gasteiger charge is -2.54. The molecule has 222 valence electrons. The van der Waals surface area contributed by atoms with Crippen LogP contribution in [0.4, 0.5) is 0 Å². The highest BCUT2D eigenvalue weighted by Crippen LogP contribution is 2.77. The van der Waals surface area contributed by atoms with Crippen LogP contribution < -0.4 is 0 Å². The van der Waals surface area contributed by atoms with E-state index in [0.29, 0.717) is 12.0 Å². The van der Waals surface area contributed by atoms with Crippen molar-refractivity contribution in [3.63, 3.8) is 0 Å². The van der Waals surface area contributed by atoms with Crippen molar-refractivity contribution >= 4 is 17.7 Å². The zero-order chi connectivity index (χ0) is 30.2. The molecule has 4 rings (SSSR count). The zero-order valence-corrected chi connectivity index (χ0v) is 24.4. The summed E-state index contributed by atoms with van der Waals surface area (Å²) >= 11 is 0. The molecular formula is C30H42O10. The van der Waals surface area contributed by atoms with Crippen molar-refractivity contribution < 1.29 is 49.3 Å². The topological polar surface area (TPSA) is 160 Å². The summed E-state index contributed by atoms with van der Waals surface area (Å²) in [4.78, 5) is 44.7. The Morgan fingerprint density at radius 2 is 1.85 bits per heavy atom. The monoisotopic (exact) mass is 562 g/mol. The second kappa shape index (κ2) is 9.87. The average Bonchev–Trinajstić information content (AvgIpc) is 3.33. The molecule has 2 fully saturated rings. The predicted octanol–water partition coefficient (Wildman–Crippen LogP) is 2.51. The lowest BCUT2D eigenvalue weighted by atomic mass is 9.58. The van der Waals surface area contributed by atoms with E-state index >= 15 is 0 Å². The normalized spacial score (nSPS) is 42.4. The smallest absolute Gasteiger partial charge is 0.333 e. The Kier molecular flexibility index (Phi) is 7.55. The number of ketones is 1. The first-order chi connectivity index (χ1) is 18.6. The Balaban J connectivity index is 2.00. The molecule has 4 aliphatic carbocycles. The van der Waals surface area contributed by atoms with E-state index < -0.39 is 88.3 Å². The van der Waals surface area contributed by atoms with Gasteiger partial charge in [0.05, 0.1) is 18.1 Å². The van der Waals surface area contributed by atoms with Gasteiger partial charge in [0.25, 0.3) is 0 Å². The van der Waals surface area contributed by atoms with Crippen LogP contribution in [0.1, 0.15) is 61.8 Å². The third-order valence-electron chi connectivity index (χ3n) is 10.4. The number of allylic oxidation sites excluding steroid dienone is 1. The van der Waals surface area contributed by atoms with Crippen LogP contribution in [-0.2, 0) is 28.7 Å². The summed E-state index contributed by atoms with van der Waals surface area (Å²) in [5.74, 6) is -6.42. The molecule has 2 saturated carbocycles. The summed E-state index contributed by atoms with van der Waals surface area (Å²) in [6.07, 6.45) is 2.18. The van der Waals surface area contributed by atoms with Gasteiger partial charge in [-0.05, 0) is 44.4 Å². The molecule has 10 nitrogen and oxygen atoms in total. The van der Waals surface area contributed by atoms with E-state index in [2.05, 4.69) is 0 Å². The first kappa shape index (κ1) is 30.6. The molecule has 0 amide bonds. The summed E-state index contributed by atoms with van der Waals surface area (Å²) in [6, 6.07) is 0. The van der Waals surface area contributed by atoms with Gasteiger partial charge < -0.3 is 24.8 Å². The highest BCUT2D eigenvalue weighted by molar-refractivity contribution is 6.06. The van der Waals surface area contributed by atoms with Gasteiger partial charge in [-0.15, -0.1) is 0 Å². The van der Waals surface area contributed by atoms with Gasteiger partial charge in [-0.25, -0.2) is 9.68 Å². The van der Waals surface area contributed by atoms with E-state index in [9.17, 15) is 35.0 Å². The van der Waals surface area contributed by atoms with Crippen LogP contribution in [0.15, 0.2) is 34.9 Å². The van der Waals surface area contributed by atoms with Gasteiger partial charge in [0, 0.05) is 34.7 Å². The Morgan fingerprint density at radius 3 is 2.38 bits per heavy atom. The summed E-state index contributed by atoms with van der Waals surface area (Å²) in [7, 11) is 0. The Morgan fingerprint density at radius 1 is 1.23 bits per heavy atom. The molecule has 0 heterocycles. The molecule has 40 heavy (non-hydrogen) atoms. The molecule has 0 radical (unpaired) electrons. The molecule has 0 aromatic carbocycles. The minimum atomic E-state index is -2.25. The van der Waals surface area contributed by atoms with Crippen LogP contribution >= 0.6 is 0 Å². The second-order valence-electron chi connectivity index (χ2n) is 12.6. The summed E-state index contributed by atoms with van der Waals surface area (Å²) in [6.45, 7) is 12.9. The van der Waals surface area contributed by atoms with E-state index in [-0.39, 0.29) is 11.1 Å². The molecule has 10 atom stereocenters. The number of rotatable bonds is 7. The molecule has 0 bridgehead atoms. The van der Waals surface area contributed by atoms with Crippen molar-refractivity contribution in [1.29, 1.82) is 0 Å². The molecule has 4 aliphatic rings. The fraction of sp³-hybridized carbons (Fsp3) is 0.700. The maximum absolute atomic E-state index is 13.3. The summed E-state index contributed by atoms with van der Waals surface area (Å²) < 4.78 is 12.4. The van der Waals surface area contributed by atoms with Crippen LogP contribution in [0.5, 0.6) is 0 Å². The van der Waals surface area contributed by atoms with Crippen LogP contribution in [0.25, 0.3) is 0 Å². The molecule has 10 heteroatoms. The first-order valence-corrected chi connectivity index (χ1v) is 13.9. The van der Waals surface area contributed by atoms with Crippen molar-refractivity contribution in [3.8, 4) is 0 Å². The molecule has 0 aromatic rings. The first-order valence-electron chi connectivity index (χ1n) is 13.9. The van der Waals surface area contributed by atoms with Gasteiger partial charge in [0.1, 0.15) is 12.2 Å². The van der Waals surface area contributed by atoms with E-state index in [4.69, 9.17) is 14.4 Å². The highest BCUT2D eigenvalue weighted by Gasteiger charge is 2.89. The lowest BCUT2D eigenvalue weighted by molar-refractivity contribution is -0.313. The highest BCUT2D eigenvalue weighted by atomic mass is 17.1. The average molecular weight is 563 g/mol. The van der Waals surface area contributed by atoms with Crippen molar-refractivity contribution in [1.82, 2.24) is 0 Å². The van der Waals surface area contributed by atoms with Crippen LogP contribution in [-0.4, -0.2) is 73.9 Å². The molecule has 0 aromatic heterocycles. The number of hydrogen-bond donors (Lipinski definition) is 4. The Hall–Kier alpha value is -2.37. The number of Topliss-reactive ketones (excluding diaryl/α,β-unsaturated/α-hetero) is 1. The van der Waals surface area contributed by atoms with Gasteiger partial charge in [-0.3, -0.25) is 14.8 Å². The maximum atomic E-state index is 13.3. The quantitative estimate of drug-likeness (QED) is 0.119. The fourth-order valence-electron chi connectivity index (χ4n) is 7.77. The Bertz CT molecular complexity index is 1200. The van der Waals surface area contributed by atoms with Crippen LogP contribution in [0, 0.1) is 35.0 Å². The minimum absolute atomic E-state index is 0.00429. The van der Waals surface area contributed by atoms with Gasteiger partial charge in [0.15, 0.2) is 17.0 Å². The predicted molar refractivity (Wildman–Crippen MR) is 142 cm³/mol. The molecule has 0 saturated heterocycles. The number of ether oxygens (including phenoxy) is 2. The third-order valence-corrected chi connectivity index (χ3v) is 10.4. The molecule has 1 unspecified atom stereocenters.